The number of hydrogen-bond donors (Lipinski definition) is 5. The summed E-state index contributed by atoms with van der Waals surface area (Å²) >= 11 is 1.10. The predicted octanol–water partition coefficient (Wildman–Crippen LogP) is 12.2. The van der Waals surface area contributed by atoms with E-state index in [1.54, 1.807) is 91.0 Å². The Balaban J connectivity index is 1.31. The minimum atomic E-state index is -4.78. The average Bonchev–Trinajstić information content (AvgIpc) is 3.45. The first-order valence-electron chi connectivity index (χ1n) is 24.0. The molecule has 26 heteroatoms. The van der Waals surface area contributed by atoms with Gasteiger partial charge >= 0.3 is 0 Å². The Morgan fingerprint density at radius 3 is 1.38 bits per heavy atom. The Hall–Kier alpha value is -7.85. The SMILES string of the molecule is CCN(CC)c1cc(Nc2nc(Nc3cc(N(CC)CC)c(OC)cc3/N=N/c3c(S(=O)(=O)O)ccc4ccccc34)nc(SCc3cccc(S(=O)(=O)O)c3)n2)c(/N=N/c2c(S(=O)(=O)O)ccc3ccccc23)cc1OC. The van der Waals surface area contributed by atoms with Crippen molar-refractivity contribution < 1.29 is 48.4 Å². The van der Waals surface area contributed by atoms with E-state index in [1.807, 2.05) is 37.5 Å². The van der Waals surface area contributed by atoms with Crippen LogP contribution in [-0.2, 0) is 36.1 Å². The van der Waals surface area contributed by atoms with Gasteiger partial charge in [0.1, 0.15) is 44.0 Å². The van der Waals surface area contributed by atoms with E-state index in [-0.39, 0.29) is 61.8 Å². The molecule has 8 aromatic rings. The number of hydrogen-bond acceptors (Lipinski definition) is 20. The quantitative estimate of drug-likeness (QED) is 0.0239. The third kappa shape index (κ3) is 12.8. The number of fused-ring (bicyclic) bond motifs is 2. The van der Waals surface area contributed by atoms with Crippen LogP contribution < -0.4 is 29.9 Å². The van der Waals surface area contributed by atoms with Gasteiger partial charge in [0.25, 0.3) is 30.4 Å². The highest BCUT2D eigenvalue weighted by molar-refractivity contribution is 7.98. The van der Waals surface area contributed by atoms with Crippen LogP contribution >= 0.6 is 11.8 Å². The maximum absolute atomic E-state index is 12.7. The number of aromatic nitrogens is 3. The molecule has 0 bridgehead atoms. The fraction of sp³-hybridized carbons (Fsp3) is 0.212. The van der Waals surface area contributed by atoms with Crippen molar-refractivity contribution in [3.63, 3.8) is 0 Å². The van der Waals surface area contributed by atoms with E-state index in [4.69, 9.17) is 24.4 Å². The van der Waals surface area contributed by atoms with Gasteiger partial charge in [-0.05, 0) is 80.4 Å². The molecule has 0 spiro atoms. The molecule has 0 fully saturated rings. The van der Waals surface area contributed by atoms with E-state index in [0.717, 1.165) is 11.8 Å². The number of nitrogens with zero attached hydrogens (tertiary/aromatic N) is 9. The van der Waals surface area contributed by atoms with Crippen LogP contribution in [0.5, 0.6) is 11.5 Å². The number of ether oxygens (including phenoxy) is 2. The van der Waals surface area contributed by atoms with Gasteiger partial charge in [-0.2, -0.15) is 40.2 Å². The summed E-state index contributed by atoms with van der Waals surface area (Å²) in [6.45, 7) is 10.1. The van der Waals surface area contributed by atoms with E-state index in [2.05, 4.69) is 31.1 Å². The van der Waals surface area contributed by atoms with Gasteiger partial charge in [0.2, 0.25) is 11.9 Å². The monoisotopic (exact) mass is 1140 g/mol. The number of thioether (sulfide) groups is 1. The zero-order valence-corrected chi connectivity index (χ0v) is 46.1. The Bertz CT molecular complexity index is 3760. The second kappa shape index (κ2) is 23.8. The first-order valence-corrected chi connectivity index (χ1v) is 29.3. The fourth-order valence-electron chi connectivity index (χ4n) is 8.45. The first-order chi connectivity index (χ1) is 37.3. The number of nitrogens with one attached hydrogen (secondary N) is 2. The highest BCUT2D eigenvalue weighted by atomic mass is 32.2. The minimum Gasteiger partial charge on any atom is -0.494 e. The normalized spacial score (nSPS) is 12.2. The van der Waals surface area contributed by atoms with Crippen LogP contribution in [0, 0.1) is 0 Å². The third-order valence-corrected chi connectivity index (χ3v) is 15.8. The molecule has 7 aromatic carbocycles. The summed E-state index contributed by atoms with van der Waals surface area (Å²) in [5.74, 6) is 0.768. The summed E-state index contributed by atoms with van der Waals surface area (Å²) in [4.78, 5) is 17.1. The van der Waals surface area contributed by atoms with Crippen molar-refractivity contribution in [2.75, 3.05) is 60.8 Å². The standard InChI is InChI=1S/C52H53N11O11S4/c1-7-62(8-2)42-27-38(40(29-44(42)73-5)58-60-48-36-20-13-11-17-33(36)22-24-46(48)77(67,68)69)53-50-55-51(57-52(56-50)75-31-32-16-15-19-35(26-32)76(64,65)66)54-39-28-43(63(9-3)10-4)45(74-6)30-41(39)59-61-49-37-21-14-12-18-34(37)23-25-47(49)78(70,71)72/h11-30H,7-10,31H2,1-6H3,(H,64,65,66)(H,67,68,69)(H,70,71,72)(H2,53,54,55,56,57)/b60-58+,61-59+. The van der Waals surface area contributed by atoms with Crippen LogP contribution in [0.25, 0.3) is 21.5 Å². The summed E-state index contributed by atoms with van der Waals surface area (Å²) in [5.41, 5.74) is 2.30. The van der Waals surface area contributed by atoms with Crippen LogP contribution in [-0.4, -0.2) is 94.3 Å². The molecule has 0 radical (unpaired) electrons. The molecule has 1 heterocycles. The zero-order valence-electron chi connectivity index (χ0n) is 42.8. The van der Waals surface area contributed by atoms with Gasteiger partial charge in [0, 0.05) is 54.8 Å². The fourth-order valence-corrected chi connectivity index (χ4v) is 11.0. The van der Waals surface area contributed by atoms with Gasteiger partial charge in [-0.1, -0.05) is 84.6 Å². The van der Waals surface area contributed by atoms with Crippen molar-refractivity contribution in [3.8, 4) is 11.5 Å². The van der Waals surface area contributed by atoms with Crippen molar-refractivity contribution in [1.29, 1.82) is 0 Å². The number of anilines is 6. The topological polar surface area (TPSA) is 300 Å². The highest BCUT2D eigenvalue weighted by Crippen LogP contribution is 2.44. The minimum absolute atomic E-state index is 0.0632. The number of benzene rings is 7. The largest absolute Gasteiger partial charge is 0.494 e. The molecular weight excluding hydrogens is 1080 g/mol. The lowest BCUT2D eigenvalue weighted by molar-refractivity contribution is 0.414. The van der Waals surface area contributed by atoms with E-state index in [1.165, 1.54) is 44.6 Å². The molecular formula is C52H53N11O11S4. The van der Waals surface area contributed by atoms with Crippen LogP contribution in [0.1, 0.15) is 33.3 Å². The summed E-state index contributed by atoms with van der Waals surface area (Å²) < 4.78 is 117. The maximum Gasteiger partial charge on any atom is 0.296 e. The average molecular weight is 1140 g/mol. The molecule has 0 saturated heterocycles. The molecule has 0 unspecified atom stereocenters. The van der Waals surface area contributed by atoms with Crippen LogP contribution in [0.3, 0.4) is 0 Å². The first kappa shape index (κ1) is 56.4. The lowest BCUT2D eigenvalue weighted by Gasteiger charge is -2.25. The number of azo groups is 2. The van der Waals surface area contributed by atoms with Crippen LogP contribution in [0.4, 0.5) is 57.4 Å². The Kier molecular flexibility index (Phi) is 17.2. The molecule has 1 aromatic heterocycles. The third-order valence-electron chi connectivity index (χ3n) is 12.3. The molecule has 0 aliphatic heterocycles. The van der Waals surface area contributed by atoms with Crippen molar-refractivity contribution in [2.24, 2.45) is 20.5 Å². The molecule has 0 atom stereocenters. The lowest BCUT2D eigenvalue weighted by Crippen LogP contribution is -2.22. The molecule has 22 nitrogen and oxygen atoms in total. The summed E-state index contributed by atoms with van der Waals surface area (Å²) in [6, 6.07) is 31.8. The molecule has 0 saturated carbocycles. The Labute approximate surface area is 455 Å². The zero-order chi connectivity index (χ0) is 55.9. The summed E-state index contributed by atoms with van der Waals surface area (Å²) in [7, 11) is -11.1. The van der Waals surface area contributed by atoms with Crippen LogP contribution in [0.15, 0.2) is 162 Å². The van der Waals surface area contributed by atoms with Gasteiger partial charge in [0.05, 0.1) is 41.9 Å². The number of methoxy groups -OCH3 is 2. The van der Waals surface area contributed by atoms with E-state index in [0.29, 0.717) is 76.2 Å². The van der Waals surface area contributed by atoms with Crippen molar-refractivity contribution in [2.45, 2.75) is 53.3 Å². The summed E-state index contributed by atoms with van der Waals surface area (Å²) in [5, 5.41) is 26.7. The predicted molar refractivity (Wildman–Crippen MR) is 301 cm³/mol. The second-order valence-corrected chi connectivity index (χ2v) is 22.1. The molecule has 0 aliphatic rings. The van der Waals surface area contributed by atoms with Gasteiger partial charge in [-0.3, -0.25) is 13.7 Å². The number of rotatable bonds is 22. The smallest absolute Gasteiger partial charge is 0.296 e. The highest BCUT2D eigenvalue weighted by Gasteiger charge is 2.23. The van der Waals surface area contributed by atoms with Gasteiger partial charge in [-0.15, -0.1) is 20.5 Å². The van der Waals surface area contributed by atoms with Gasteiger partial charge in [-0.25, -0.2) is 0 Å². The molecule has 8 rings (SSSR count). The molecule has 78 heavy (non-hydrogen) atoms. The Morgan fingerprint density at radius 1 is 0.526 bits per heavy atom. The summed E-state index contributed by atoms with van der Waals surface area (Å²) in [6.07, 6.45) is 0. The van der Waals surface area contributed by atoms with Crippen molar-refractivity contribution in [3.05, 3.63) is 127 Å². The van der Waals surface area contributed by atoms with Crippen molar-refractivity contribution in [1.82, 2.24) is 15.0 Å². The molecule has 0 aliphatic carbocycles. The van der Waals surface area contributed by atoms with Crippen molar-refractivity contribution >= 4 is 121 Å². The molecule has 406 valence electrons. The van der Waals surface area contributed by atoms with E-state index < -0.39 is 40.1 Å². The van der Waals surface area contributed by atoms with Gasteiger partial charge < -0.3 is 29.9 Å². The second-order valence-electron chi connectivity index (χ2n) is 17.0. The van der Waals surface area contributed by atoms with Crippen LogP contribution in [0.2, 0.25) is 0 Å². The maximum atomic E-state index is 12.7. The molecule has 5 N–H and O–H groups in total. The van der Waals surface area contributed by atoms with E-state index >= 15 is 0 Å². The van der Waals surface area contributed by atoms with Gasteiger partial charge in [0.15, 0.2) is 5.16 Å². The molecule has 0 amide bonds. The van der Waals surface area contributed by atoms with E-state index in [9.17, 15) is 38.9 Å². The Morgan fingerprint density at radius 2 is 0.974 bits per heavy atom. The lowest BCUT2D eigenvalue weighted by atomic mass is 10.1.